The lowest BCUT2D eigenvalue weighted by atomic mass is 10.1. The molecule has 0 aliphatic carbocycles. The highest BCUT2D eigenvalue weighted by Gasteiger charge is 2.29. The molecule has 0 bridgehead atoms. The van der Waals surface area contributed by atoms with E-state index in [9.17, 15) is 43.5 Å². The second-order valence-corrected chi connectivity index (χ2v) is 23.7. The van der Waals surface area contributed by atoms with Gasteiger partial charge in [0.15, 0.2) is 6.10 Å². The first-order chi connectivity index (χ1) is 40.2. The van der Waals surface area contributed by atoms with Crippen LogP contribution in [0.4, 0.5) is 0 Å². The Morgan fingerprint density at radius 1 is 0.349 bits per heavy atom. The lowest BCUT2D eigenvalue weighted by Gasteiger charge is -2.21. The van der Waals surface area contributed by atoms with Crippen LogP contribution in [0.5, 0.6) is 0 Å². The zero-order valence-electron chi connectivity index (χ0n) is 51.3. The Kier molecular flexibility index (Phi) is 56.3. The van der Waals surface area contributed by atoms with Crippen molar-refractivity contribution in [2.24, 2.45) is 0 Å². The molecule has 0 aliphatic heterocycles. The molecule has 5 atom stereocenters. The quantitative estimate of drug-likeness (QED) is 0.0146. The van der Waals surface area contributed by atoms with E-state index in [1.165, 1.54) is 38.5 Å². The Morgan fingerprint density at radius 3 is 1.06 bits per heavy atom. The van der Waals surface area contributed by atoms with Gasteiger partial charge in [-0.05, 0) is 116 Å². The maximum Gasteiger partial charge on any atom is 0.472 e. The summed E-state index contributed by atoms with van der Waals surface area (Å²) in [6.45, 7) is 2.41. The second kappa shape index (κ2) is 58.8. The summed E-state index contributed by atoms with van der Waals surface area (Å²) in [5, 5.41) is 20.5. The molecule has 18 heteroatoms. The number of phosphoric acid groups is 2. The van der Waals surface area contributed by atoms with Crippen molar-refractivity contribution in [3.05, 3.63) is 97.2 Å². The molecular weight excluding hydrogens is 1100 g/mol. The lowest BCUT2D eigenvalue weighted by Crippen LogP contribution is -2.30. The predicted octanol–water partition coefficient (Wildman–Crippen LogP) is 16.7. The molecule has 0 aromatic heterocycles. The Labute approximate surface area is 501 Å². The number of carbonyl (C=O) groups is 3. The standard InChI is InChI=1S/C65H112O16P2/c1-4-7-10-13-16-19-22-24-26-27-28-29-30-31-33-35-37-39-42-45-48-51-63(68)75-54-60(66)55-77-82(71,72)78-56-61(67)57-79-83(73,74)80-59-62(81-65(70)53-50-47-44-41-36-21-18-15-12-9-6-3)58-76-64(69)52-49-46-43-40-38-34-32-25-23-20-17-14-11-8-5-2/h8,11,15-20,24-26,28-29,31-33,60-62,66-67H,4-7,9-10,12-14,21-23,27,30,34-59H2,1-3H3,(H,71,72)(H,73,74)/b11-8-,18-15-,19-16-,20-17-,26-24-,29-28-,32-25-,33-31-. The molecular formula is C65H112O16P2. The number of unbranched alkanes of at least 4 members (excludes halogenated alkanes) is 20. The zero-order valence-corrected chi connectivity index (χ0v) is 53.1. The van der Waals surface area contributed by atoms with Crippen LogP contribution in [0.2, 0.25) is 0 Å². The van der Waals surface area contributed by atoms with Gasteiger partial charge in [0.2, 0.25) is 0 Å². The number of phosphoric ester groups is 2. The van der Waals surface area contributed by atoms with Gasteiger partial charge in [0.05, 0.1) is 26.4 Å². The van der Waals surface area contributed by atoms with Gasteiger partial charge in [-0.25, -0.2) is 9.13 Å². The highest BCUT2D eigenvalue weighted by atomic mass is 31.2. The second-order valence-electron chi connectivity index (χ2n) is 20.8. The number of allylic oxidation sites excluding steroid dienone is 16. The van der Waals surface area contributed by atoms with Gasteiger partial charge in [0.25, 0.3) is 0 Å². The minimum Gasteiger partial charge on any atom is -0.463 e. The molecule has 0 radical (unpaired) electrons. The van der Waals surface area contributed by atoms with Crippen molar-refractivity contribution >= 4 is 33.6 Å². The monoisotopic (exact) mass is 1210 g/mol. The minimum absolute atomic E-state index is 0.0884. The molecule has 16 nitrogen and oxygen atoms in total. The van der Waals surface area contributed by atoms with E-state index in [-0.39, 0.29) is 19.3 Å². The summed E-state index contributed by atoms with van der Waals surface area (Å²) in [6.07, 6.45) is 61.9. The maximum atomic E-state index is 12.8. The molecule has 83 heavy (non-hydrogen) atoms. The van der Waals surface area contributed by atoms with Gasteiger partial charge in [-0.2, -0.15) is 0 Å². The summed E-state index contributed by atoms with van der Waals surface area (Å²) in [5.74, 6) is -1.63. The summed E-state index contributed by atoms with van der Waals surface area (Å²) in [6, 6.07) is 0. The van der Waals surface area contributed by atoms with Gasteiger partial charge >= 0.3 is 33.6 Å². The van der Waals surface area contributed by atoms with Crippen molar-refractivity contribution in [3.63, 3.8) is 0 Å². The van der Waals surface area contributed by atoms with Crippen molar-refractivity contribution < 1.29 is 75.8 Å². The topological polar surface area (TPSA) is 231 Å². The van der Waals surface area contributed by atoms with Crippen LogP contribution in [0.15, 0.2) is 97.2 Å². The first-order valence-corrected chi connectivity index (χ1v) is 34.5. The maximum absolute atomic E-state index is 12.8. The third kappa shape index (κ3) is 60.0. The molecule has 0 aromatic rings. The van der Waals surface area contributed by atoms with Crippen LogP contribution < -0.4 is 0 Å². The third-order valence-electron chi connectivity index (χ3n) is 12.8. The van der Waals surface area contributed by atoms with Crippen molar-refractivity contribution in [3.8, 4) is 0 Å². The number of aliphatic hydroxyl groups is 2. The van der Waals surface area contributed by atoms with Gasteiger partial charge in [0, 0.05) is 19.3 Å². The van der Waals surface area contributed by atoms with E-state index in [0.29, 0.717) is 19.3 Å². The molecule has 5 unspecified atom stereocenters. The molecule has 0 saturated heterocycles. The average molecular weight is 1210 g/mol. The molecule has 0 spiro atoms. The highest BCUT2D eigenvalue weighted by Crippen LogP contribution is 2.45. The predicted molar refractivity (Wildman–Crippen MR) is 334 cm³/mol. The van der Waals surface area contributed by atoms with Gasteiger partial charge < -0.3 is 34.2 Å². The fourth-order valence-corrected chi connectivity index (χ4v) is 9.48. The Morgan fingerprint density at radius 2 is 0.651 bits per heavy atom. The number of aliphatic hydroxyl groups excluding tert-OH is 2. The Bertz CT molecular complexity index is 1910. The Hall–Kier alpha value is -3.53. The molecule has 478 valence electrons. The smallest absolute Gasteiger partial charge is 0.463 e. The molecule has 0 rings (SSSR count). The van der Waals surface area contributed by atoms with Crippen molar-refractivity contribution in [1.29, 1.82) is 0 Å². The molecule has 0 amide bonds. The van der Waals surface area contributed by atoms with E-state index in [0.717, 1.165) is 141 Å². The summed E-state index contributed by atoms with van der Waals surface area (Å²) in [7, 11) is -9.77. The van der Waals surface area contributed by atoms with Gasteiger partial charge in [-0.1, -0.05) is 201 Å². The normalized spacial score (nSPS) is 15.0. The van der Waals surface area contributed by atoms with Crippen LogP contribution in [0.1, 0.15) is 239 Å². The van der Waals surface area contributed by atoms with Crippen molar-refractivity contribution in [1.82, 2.24) is 0 Å². The molecule has 4 N–H and O–H groups in total. The van der Waals surface area contributed by atoms with E-state index in [4.69, 9.17) is 32.3 Å². The first kappa shape index (κ1) is 79.5. The van der Waals surface area contributed by atoms with Crippen molar-refractivity contribution in [2.75, 3.05) is 39.6 Å². The van der Waals surface area contributed by atoms with E-state index < -0.39 is 91.5 Å². The first-order valence-electron chi connectivity index (χ1n) is 31.5. The van der Waals surface area contributed by atoms with Crippen LogP contribution in [0, 0.1) is 0 Å². The molecule has 0 aliphatic rings. The Balaban J connectivity index is 4.61. The van der Waals surface area contributed by atoms with Crippen LogP contribution in [0.25, 0.3) is 0 Å². The lowest BCUT2D eigenvalue weighted by molar-refractivity contribution is -0.161. The number of rotatable bonds is 59. The fourth-order valence-electron chi connectivity index (χ4n) is 7.90. The summed E-state index contributed by atoms with van der Waals surface area (Å²) >= 11 is 0. The number of hydrogen-bond acceptors (Lipinski definition) is 14. The van der Waals surface area contributed by atoms with E-state index in [1.807, 2.05) is 0 Å². The fraction of sp³-hybridized carbons (Fsp3) is 0.708. The number of hydrogen-bond donors (Lipinski definition) is 4. The minimum atomic E-state index is -4.92. The summed E-state index contributed by atoms with van der Waals surface area (Å²) < 4.78 is 60.6. The van der Waals surface area contributed by atoms with Gasteiger partial charge in [0.1, 0.15) is 25.4 Å². The highest BCUT2D eigenvalue weighted by molar-refractivity contribution is 7.47. The third-order valence-corrected chi connectivity index (χ3v) is 14.7. The van der Waals surface area contributed by atoms with Crippen LogP contribution in [-0.2, 0) is 55.8 Å². The summed E-state index contributed by atoms with van der Waals surface area (Å²) in [4.78, 5) is 58.1. The van der Waals surface area contributed by atoms with Gasteiger partial charge in [-0.15, -0.1) is 0 Å². The number of carbonyl (C=O) groups excluding carboxylic acids is 3. The summed E-state index contributed by atoms with van der Waals surface area (Å²) in [5.41, 5.74) is 0. The van der Waals surface area contributed by atoms with Crippen molar-refractivity contribution in [2.45, 2.75) is 257 Å². The number of esters is 3. The number of ether oxygens (including phenoxy) is 3. The molecule has 0 aromatic carbocycles. The zero-order chi connectivity index (χ0) is 61.0. The van der Waals surface area contributed by atoms with Crippen LogP contribution >= 0.6 is 15.6 Å². The average Bonchev–Trinajstić information content (AvgIpc) is 3.47. The molecule has 0 saturated carbocycles. The van der Waals surface area contributed by atoms with E-state index in [1.54, 1.807) is 0 Å². The van der Waals surface area contributed by atoms with E-state index >= 15 is 0 Å². The van der Waals surface area contributed by atoms with Crippen LogP contribution in [-0.4, -0.2) is 95.9 Å². The molecule has 0 fully saturated rings. The largest absolute Gasteiger partial charge is 0.472 e. The van der Waals surface area contributed by atoms with E-state index in [2.05, 4.69) is 118 Å². The van der Waals surface area contributed by atoms with Gasteiger partial charge in [-0.3, -0.25) is 32.5 Å². The van der Waals surface area contributed by atoms with Crippen LogP contribution in [0.3, 0.4) is 0 Å². The SMILES string of the molecule is CC/C=C\C/C=C\C/C=C\CCCCCCCC(=O)OCC(COP(=O)(O)OCC(O)COP(=O)(O)OCC(O)COC(=O)CCCCCCC/C=C\C/C=C\C/C=C\C/C=C\CCCCC)OC(=O)CCCCCCC/C=C\CCCC. The molecule has 0 heterocycles.